The summed E-state index contributed by atoms with van der Waals surface area (Å²) in [5, 5.41) is 0. The van der Waals surface area contributed by atoms with Gasteiger partial charge >= 0.3 is 0 Å². The number of piperidine rings is 1. The molecule has 6 nitrogen and oxygen atoms in total. The standard InChI is InChI=1S/C26H32N2O4S/c1-18-10-11-24(19(2)16-18)25(29)20-12-14-28(15-13-20)26(30)21-6-5-9-23(17-21)33(31,32)27-22-7-3-4-8-22/h5-6,9-11,16-17,20,22,27H,3-4,7-8,12-15H2,1-2H3. The first kappa shape index (κ1) is 23.6. The fourth-order valence-electron chi connectivity index (χ4n) is 4.96. The lowest BCUT2D eigenvalue weighted by atomic mass is 9.87. The van der Waals surface area contributed by atoms with Crippen molar-refractivity contribution in [2.45, 2.75) is 63.3 Å². The number of hydrogen-bond donors (Lipinski definition) is 1. The smallest absolute Gasteiger partial charge is 0.253 e. The van der Waals surface area contributed by atoms with Crippen LogP contribution in [-0.2, 0) is 10.0 Å². The zero-order valence-corrected chi connectivity index (χ0v) is 20.2. The number of hydrogen-bond acceptors (Lipinski definition) is 4. The molecule has 0 unspecified atom stereocenters. The van der Waals surface area contributed by atoms with Crippen molar-refractivity contribution in [3.05, 3.63) is 64.7 Å². The minimum Gasteiger partial charge on any atom is -0.339 e. The number of likely N-dealkylation sites (tertiary alicyclic amines) is 1. The minimum atomic E-state index is -3.65. The second-order valence-corrected chi connectivity index (χ2v) is 11.1. The SMILES string of the molecule is Cc1ccc(C(=O)C2CCN(C(=O)c3cccc(S(=O)(=O)NC4CCCC4)c3)CC2)c(C)c1. The number of amides is 1. The van der Waals surface area contributed by atoms with Crippen LogP contribution in [0.4, 0.5) is 0 Å². The number of nitrogens with one attached hydrogen (secondary N) is 1. The highest BCUT2D eigenvalue weighted by molar-refractivity contribution is 7.89. The Kier molecular flexibility index (Phi) is 7.00. The van der Waals surface area contributed by atoms with E-state index in [1.165, 1.54) is 12.1 Å². The fourth-order valence-corrected chi connectivity index (χ4v) is 6.32. The van der Waals surface area contributed by atoms with Crippen LogP contribution < -0.4 is 4.72 Å². The molecule has 0 spiro atoms. The van der Waals surface area contributed by atoms with Gasteiger partial charge in [0.25, 0.3) is 5.91 Å². The Balaban J connectivity index is 1.40. The molecule has 2 aromatic rings. The number of Topliss-reactive ketones (excluding diaryl/α,β-unsaturated/α-hetero) is 1. The van der Waals surface area contributed by atoms with E-state index in [0.717, 1.165) is 42.4 Å². The van der Waals surface area contributed by atoms with Crippen LogP contribution in [0, 0.1) is 19.8 Å². The van der Waals surface area contributed by atoms with Crippen LogP contribution in [0.15, 0.2) is 47.4 Å². The predicted octanol–water partition coefficient (Wildman–Crippen LogP) is 4.26. The van der Waals surface area contributed by atoms with Crippen LogP contribution in [0.25, 0.3) is 0 Å². The number of aryl methyl sites for hydroxylation is 2. The monoisotopic (exact) mass is 468 g/mol. The maximum absolute atomic E-state index is 13.1. The van der Waals surface area contributed by atoms with Crippen molar-refractivity contribution in [1.82, 2.24) is 9.62 Å². The molecule has 7 heteroatoms. The number of benzene rings is 2. The van der Waals surface area contributed by atoms with E-state index in [4.69, 9.17) is 0 Å². The minimum absolute atomic E-state index is 0.0249. The third-order valence-corrected chi connectivity index (χ3v) is 8.39. The maximum Gasteiger partial charge on any atom is 0.253 e. The molecule has 2 aliphatic rings. The summed E-state index contributed by atoms with van der Waals surface area (Å²) in [5.74, 6) is -0.145. The summed E-state index contributed by atoms with van der Waals surface area (Å²) in [4.78, 5) is 27.9. The third-order valence-electron chi connectivity index (χ3n) is 6.87. The Morgan fingerprint density at radius 2 is 1.64 bits per heavy atom. The highest BCUT2D eigenvalue weighted by atomic mass is 32.2. The van der Waals surface area contributed by atoms with Gasteiger partial charge in [0.15, 0.2) is 5.78 Å². The Bertz CT molecular complexity index is 1140. The number of rotatable bonds is 6. The van der Waals surface area contributed by atoms with E-state index in [-0.39, 0.29) is 28.5 Å². The van der Waals surface area contributed by atoms with Gasteiger partial charge in [0, 0.05) is 36.2 Å². The average molecular weight is 469 g/mol. The van der Waals surface area contributed by atoms with E-state index < -0.39 is 10.0 Å². The summed E-state index contributed by atoms with van der Waals surface area (Å²) in [6.07, 6.45) is 5.00. The lowest BCUT2D eigenvalue weighted by Crippen LogP contribution is -2.40. The molecule has 1 saturated carbocycles. The van der Waals surface area contributed by atoms with Crippen molar-refractivity contribution in [2.75, 3.05) is 13.1 Å². The lowest BCUT2D eigenvalue weighted by molar-refractivity contribution is 0.0650. The van der Waals surface area contributed by atoms with Crippen molar-refractivity contribution in [3.8, 4) is 0 Å². The van der Waals surface area contributed by atoms with Gasteiger partial charge in [0.05, 0.1) is 4.90 Å². The predicted molar refractivity (Wildman–Crippen MR) is 128 cm³/mol. The Morgan fingerprint density at radius 1 is 0.939 bits per heavy atom. The second kappa shape index (κ2) is 9.77. The van der Waals surface area contributed by atoms with E-state index in [0.29, 0.717) is 31.5 Å². The molecule has 0 aromatic heterocycles. The summed E-state index contributed by atoms with van der Waals surface area (Å²) >= 11 is 0. The molecule has 1 aliphatic heterocycles. The molecule has 1 aliphatic carbocycles. The normalized spacial score (nSPS) is 17.9. The van der Waals surface area contributed by atoms with Crippen molar-refractivity contribution < 1.29 is 18.0 Å². The van der Waals surface area contributed by atoms with Crippen molar-refractivity contribution in [1.29, 1.82) is 0 Å². The van der Waals surface area contributed by atoms with Crippen molar-refractivity contribution >= 4 is 21.7 Å². The topological polar surface area (TPSA) is 83.6 Å². The van der Waals surface area contributed by atoms with Gasteiger partial charge in [0.2, 0.25) is 10.0 Å². The highest BCUT2D eigenvalue weighted by Crippen LogP contribution is 2.26. The van der Waals surface area contributed by atoms with Crippen LogP contribution in [0.1, 0.15) is 70.4 Å². The van der Waals surface area contributed by atoms with E-state index in [1.807, 2.05) is 32.0 Å². The first-order valence-corrected chi connectivity index (χ1v) is 13.3. The zero-order valence-electron chi connectivity index (χ0n) is 19.3. The zero-order chi connectivity index (χ0) is 23.6. The van der Waals surface area contributed by atoms with Gasteiger partial charge in [-0.3, -0.25) is 9.59 Å². The lowest BCUT2D eigenvalue weighted by Gasteiger charge is -2.31. The molecule has 1 N–H and O–H groups in total. The van der Waals surface area contributed by atoms with Crippen molar-refractivity contribution in [2.24, 2.45) is 5.92 Å². The molecule has 0 radical (unpaired) electrons. The number of carbonyl (C=O) groups is 2. The molecule has 1 heterocycles. The largest absolute Gasteiger partial charge is 0.339 e. The van der Waals surface area contributed by atoms with Gasteiger partial charge in [-0.25, -0.2) is 13.1 Å². The van der Waals surface area contributed by atoms with E-state index in [1.54, 1.807) is 17.0 Å². The van der Waals surface area contributed by atoms with Crippen LogP contribution in [0.2, 0.25) is 0 Å². The molecular formula is C26H32N2O4S. The molecule has 0 bridgehead atoms. The molecule has 1 amide bonds. The number of carbonyl (C=O) groups excluding carboxylic acids is 2. The summed E-state index contributed by atoms with van der Waals surface area (Å²) in [7, 11) is -3.65. The van der Waals surface area contributed by atoms with E-state index in [9.17, 15) is 18.0 Å². The molecule has 1 saturated heterocycles. The summed E-state index contributed by atoms with van der Waals surface area (Å²) < 4.78 is 28.3. The molecule has 0 atom stereocenters. The van der Waals surface area contributed by atoms with Gasteiger partial charge in [-0.15, -0.1) is 0 Å². The number of ketones is 1. The Morgan fingerprint density at radius 3 is 2.30 bits per heavy atom. The van der Waals surface area contributed by atoms with Gasteiger partial charge < -0.3 is 4.90 Å². The fraction of sp³-hybridized carbons (Fsp3) is 0.462. The van der Waals surface area contributed by atoms with Crippen LogP contribution in [0.3, 0.4) is 0 Å². The number of nitrogens with zero attached hydrogens (tertiary/aromatic N) is 1. The maximum atomic E-state index is 13.1. The quantitative estimate of drug-likeness (QED) is 0.642. The third kappa shape index (κ3) is 5.36. The van der Waals surface area contributed by atoms with E-state index in [2.05, 4.69) is 4.72 Å². The first-order chi connectivity index (χ1) is 15.7. The summed E-state index contributed by atoms with van der Waals surface area (Å²) in [5.41, 5.74) is 3.25. The summed E-state index contributed by atoms with van der Waals surface area (Å²) in [6.45, 7) is 4.94. The Hall–Kier alpha value is -2.51. The van der Waals surface area contributed by atoms with Gasteiger partial charge in [-0.2, -0.15) is 0 Å². The molecule has 176 valence electrons. The first-order valence-electron chi connectivity index (χ1n) is 11.8. The highest BCUT2D eigenvalue weighted by Gasteiger charge is 2.30. The molecule has 4 rings (SSSR count). The molecule has 2 fully saturated rings. The number of sulfonamides is 1. The molecule has 33 heavy (non-hydrogen) atoms. The Labute approximate surface area is 196 Å². The van der Waals surface area contributed by atoms with Crippen LogP contribution in [-0.4, -0.2) is 44.1 Å². The van der Waals surface area contributed by atoms with Crippen LogP contribution >= 0.6 is 0 Å². The van der Waals surface area contributed by atoms with E-state index >= 15 is 0 Å². The van der Waals surface area contributed by atoms with Gasteiger partial charge in [-0.05, 0) is 63.3 Å². The molecular weight excluding hydrogens is 436 g/mol. The van der Waals surface area contributed by atoms with Crippen molar-refractivity contribution in [3.63, 3.8) is 0 Å². The second-order valence-electron chi connectivity index (χ2n) is 9.38. The summed E-state index contributed by atoms with van der Waals surface area (Å²) in [6, 6.07) is 12.1. The van der Waals surface area contributed by atoms with Crippen LogP contribution in [0.5, 0.6) is 0 Å². The average Bonchev–Trinajstić information content (AvgIpc) is 3.31. The van der Waals surface area contributed by atoms with Gasteiger partial charge in [-0.1, -0.05) is 42.7 Å². The van der Waals surface area contributed by atoms with Gasteiger partial charge in [0.1, 0.15) is 0 Å². The molecule has 2 aromatic carbocycles.